The van der Waals surface area contributed by atoms with Crippen LogP contribution in [0.3, 0.4) is 0 Å². The van der Waals surface area contributed by atoms with E-state index in [4.69, 9.17) is 4.74 Å². The van der Waals surface area contributed by atoms with Crippen molar-refractivity contribution < 1.29 is 4.74 Å². The summed E-state index contributed by atoms with van der Waals surface area (Å²) < 4.78 is 7.85. The minimum atomic E-state index is 0.0801. The second-order valence-electron chi connectivity index (χ2n) is 6.89. The van der Waals surface area contributed by atoms with E-state index in [-0.39, 0.29) is 6.10 Å². The van der Waals surface area contributed by atoms with Crippen molar-refractivity contribution in [3.8, 4) is 0 Å². The Bertz CT molecular complexity index is 447. The van der Waals surface area contributed by atoms with Crippen LogP contribution in [0.5, 0.6) is 0 Å². The van der Waals surface area contributed by atoms with Crippen molar-refractivity contribution in [2.24, 2.45) is 18.9 Å². The molecule has 1 saturated carbocycles. The van der Waals surface area contributed by atoms with Crippen molar-refractivity contribution in [2.75, 3.05) is 26.2 Å². The van der Waals surface area contributed by atoms with Crippen LogP contribution < -0.4 is 0 Å². The van der Waals surface area contributed by atoms with Crippen molar-refractivity contribution >= 4 is 0 Å². The summed E-state index contributed by atoms with van der Waals surface area (Å²) in [7, 11) is 1.99. The van der Waals surface area contributed by atoms with Crippen LogP contribution in [0.15, 0.2) is 6.33 Å². The first-order valence-corrected chi connectivity index (χ1v) is 8.40. The molecule has 2 heterocycles. The van der Waals surface area contributed by atoms with E-state index in [1.54, 1.807) is 6.33 Å². The molecule has 5 nitrogen and oxygen atoms in total. The summed E-state index contributed by atoms with van der Waals surface area (Å²) in [5, 5.41) is 8.16. The Morgan fingerprint density at radius 3 is 3.05 bits per heavy atom. The van der Waals surface area contributed by atoms with E-state index in [1.165, 1.54) is 38.6 Å². The van der Waals surface area contributed by atoms with Crippen LogP contribution in [0.2, 0.25) is 0 Å². The normalized spacial score (nSPS) is 31.4. The Hall–Kier alpha value is -0.940. The van der Waals surface area contributed by atoms with Gasteiger partial charge < -0.3 is 9.30 Å². The topological polar surface area (TPSA) is 43.2 Å². The Kier molecular flexibility index (Phi) is 4.91. The zero-order valence-corrected chi connectivity index (χ0v) is 13.4. The highest BCUT2D eigenvalue weighted by Crippen LogP contribution is 2.31. The van der Waals surface area contributed by atoms with Crippen LogP contribution in [-0.4, -0.2) is 45.9 Å². The Labute approximate surface area is 127 Å². The molecule has 1 saturated heterocycles. The number of ether oxygens (including phenoxy) is 1. The van der Waals surface area contributed by atoms with Crippen LogP contribution in [-0.2, 0) is 11.8 Å². The molecule has 0 spiro atoms. The van der Waals surface area contributed by atoms with Gasteiger partial charge in [0.2, 0.25) is 0 Å². The van der Waals surface area contributed by atoms with Crippen molar-refractivity contribution in [1.82, 2.24) is 19.7 Å². The van der Waals surface area contributed by atoms with Crippen LogP contribution in [0.25, 0.3) is 0 Å². The van der Waals surface area contributed by atoms with Crippen molar-refractivity contribution in [2.45, 2.75) is 45.1 Å². The molecule has 21 heavy (non-hydrogen) atoms. The van der Waals surface area contributed by atoms with Gasteiger partial charge in [-0.2, -0.15) is 0 Å². The van der Waals surface area contributed by atoms with Gasteiger partial charge in [0.1, 0.15) is 12.4 Å². The predicted octanol–water partition coefficient (Wildman–Crippen LogP) is 2.40. The number of hydrogen-bond acceptors (Lipinski definition) is 4. The summed E-state index contributed by atoms with van der Waals surface area (Å²) in [6, 6.07) is 0. The first kappa shape index (κ1) is 15.0. The van der Waals surface area contributed by atoms with Crippen molar-refractivity contribution in [3.63, 3.8) is 0 Å². The van der Waals surface area contributed by atoms with Gasteiger partial charge in [-0.3, -0.25) is 4.90 Å². The lowest BCUT2D eigenvalue weighted by Crippen LogP contribution is -2.40. The summed E-state index contributed by atoms with van der Waals surface area (Å²) >= 11 is 0. The lowest BCUT2D eigenvalue weighted by molar-refractivity contribution is -0.0375. The van der Waals surface area contributed by atoms with Crippen molar-refractivity contribution in [3.05, 3.63) is 12.2 Å². The summed E-state index contributed by atoms with van der Waals surface area (Å²) in [5.74, 6) is 2.82. The minimum Gasteiger partial charge on any atom is -0.368 e. The maximum Gasteiger partial charge on any atom is 0.163 e. The maximum atomic E-state index is 5.88. The van der Waals surface area contributed by atoms with E-state index in [0.29, 0.717) is 0 Å². The molecule has 3 rings (SSSR count). The Morgan fingerprint density at radius 2 is 2.29 bits per heavy atom. The van der Waals surface area contributed by atoms with E-state index in [1.807, 2.05) is 11.6 Å². The third-order valence-corrected chi connectivity index (χ3v) is 5.08. The molecule has 118 valence electrons. The molecule has 3 atom stereocenters. The fourth-order valence-electron chi connectivity index (χ4n) is 3.83. The quantitative estimate of drug-likeness (QED) is 0.855. The second-order valence-corrected chi connectivity index (χ2v) is 6.89. The lowest BCUT2D eigenvalue weighted by atomic mass is 9.81. The summed E-state index contributed by atoms with van der Waals surface area (Å²) in [6.07, 6.45) is 8.89. The summed E-state index contributed by atoms with van der Waals surface area (Å²) in [4.78, 5) is 2.54. The maximum absolute atomic E-state index is 5.88. The third kappa shape index (κ3) is 3.83. The zero-order chi connectivity index (χ0) is 14.7. The third-order valence-electron chi connectivity index (χ3n) is 5.08. The SMILES string of the molecule is C[C@@H]1CCC[C@@H](CCN2CCO[C@@H](c3nncn3C)C2)C1. The molecular formula is C16H28N4O. The van der Waals surface area contributed by atoms with Crippen molar-refractivity contribution in [1.29, 1.82) is 0 Å². The van der Waals surface area contributed by atoms with Gasteiger partial charge in [0.05, 0.1) is 6.61 Å². The molecule has 1 aromatic rings. The molecule has 1 aliphatic carbocycles. The van der Waals surface area contributed by atoms with E-state index in [0.717, 1.165) is 37.4 Å². The van der Waals surface area contributed by atoms with Gasteiger partial charge in [0.25, 0.3) is 0 Å². The highest BCUT2D eigenvalue weighted by atomic mass is 16.5. The highest BCUT2D eigenvalue weighted by molar-refractivity contribution is 4.94. The predicted molar refractivity (Wildman–Crippen MR) is 81.9 cm³/mol. The van der Waals surface area contributed by atoms with Gasteiger partial charge in [-0.05, 0) is 31.2 Å². The molecule has 0 N–H and O–H groups in total. The number of aromatic nitrogens is 3. The number of morpholine rings is 1. The Morgan fingerprint density at radius 1 is 1.38 bits per heavy atom. The highest BCUT2D eigenvalue weighted by Gasteiger charge is 2.26. The van der Waals surface area contributed by atoms with E-state index in [2.05, 4.69) is 22.0 Å². The largest absolute Gasteiger partial charge is 0.368 e. The fourth-order valence-corrected chi connectivity index (χ4v) is 3.83. The average Bonchev–Trinajstić information content (AvgIpc) is 2.92. The number of aryl methyl sites for hydroxylation is 1. The van der Waals surface area contributed by atoms with Gasteiger partial charge in [0, 0.05) is 20.1 Å². The van der Waals surface area contributed by atoms with Crippen LogP contribution in [0, 0.1) is 11.8 Å². The molecule has 0 radical (unpaired) electrons. The van der Waals surface area contributed by atoms with Gasteiger partial charge in [0.15, 0.2) is 5.82 Å². The van der Waals surface area contributed by atoms with Gasteiger partial charge in [-0.25, -0.2) is 0 Å². The number of hydrogen-bond donors (Lipinski definition) is 0. The molecule has 2 fully saturated rings. The van der Waals surface area contributed by atoms with Crippen LogP contribution in [0.1, 0.15) is 51.0 Å². The fraction of sp³-hybridized carbons (Fsp3) is 0.875. The monoisotopic (exact) mass is 292 g/mol. The van der Waals surface area contributed by atoms with E-state index < -0.39 is 0 Å². The molecule has 0 unspecified atom stereocenters. The van der Waals surface area contributed by atoms with E-state index in [9.17, 15) is 0 Å². The second kappa shape index (κ2) is 6.88. The van der Waals surface area contributed by atoms with Gasteiger partial charge in [-0.1, -0.05) is 26.2 Å². The molecule has 0 bridgehead atoms. The number of rotatable bonds is 4. The lowest BCUT2D eigenvalue weighted by Gasteiger charge is -2.34. The van der Waals surface area contributed by atoms with Gasteiger partial charge in [-0.15, -0.1) is 10.2 Å². The average molecular weight is 292 g/mol. The number of nitrogens with zero attached hydrogens (tertiary/aromatic N) is 4. The summed E-state index contributed by atoms with van der Waals surface area (Å²) in [5.41, 5.74) is 0. The standard InChI is InChI=1S/C16H28N4O/c1-13-4-3-5-14(10-13)6-7-20-8-9-21-15(11-20)16-18-17-12-19(16)2/h12-15H,3-11H2,1-2H3/t13-,14+,15-/m1/s1. The molecule has 2 aliphatic rings. The molecule has 1 aliphatic heterocycles. The van der Waals surface area contributed by atoms with Crippen LogP contribution in [0.4, 0.5) is 0 Å². The molecule has 1 aromatic heterocycles. The molecule has 0 amide bonds. The summed E-state index contributed by atoms with van der Waals surface area (Å²) in [6.45, 7) is 6.42. The molecule has 5 heteroatoms. The smallest absolute Gasteiger partial charge is 0.163 e. The first-order chi connectivity index (χ1) is 10.2. The Balaban J connectivity index is 1.49. The zero-order valence-electron chi connectivity index (χ0n) is 13.4. The van der Waals surface area contributed by atoms with Crippen LogP contribution >= 0.6 is 0 Å². The first-order valence-electron chi connectivity index (χ1n) is 8.40. The molecule has 0 aromatic carbocycles. The van der Waals surface area contributed by atoms with Gasteiger partial charge >= 0.3 is 0 Å². The molecular weight excluding hydrogens is 264 g/mol. The van der Waals surface area contributed by atoms with E-state index >= 15 is 0 Å². The minimum absolute atomic E-state index is 0.0801.